The van der Waals surface area contributed by atoms with Crippen molar-refractivity contribution >= 4 is 0 Å². The van der Waals surface area contributed by atoms with Gasteiger partial charge in [-0.15, -0.1) is 0 Å². The van der Waals surface area contributed by atoms with E-state index in [9.17, 15) is 13.2 Å². The van der Waals surface area contributed by atoms with Crippen molar-refractivity contribution in [3.8, 4) is 0 Å². The molecule has 0 unspecified atom stereocenters. The van der Waals surface area contributed by atoms with Gasteiger partial charge in [-0.05, 0) is 17.5 Å². The van der Waals surface area contributed by atoms with E-state index in [4.69, 9.17) is 0 Å². The van der Waals surface area contributed by atoms with E-state index in [1.165, 1.54) is 6.08 Å². The van der Waals surface area contributed by atoms with E-state index in [0.29, 0.717) is 6.42 Å². The summed E-state index contributed by atoms with van der Waals surface area (Å²) in [5.74, 6) is 0. The van der Waals surface area contributed by atoms with Crippen LogP contribution < -0.4 is 0 Å². The Morgan fingerprint density at radius 1 is 1.00 bits per heavy atom. The van der Waals surface area contributed by atoms with Crippen molar-refractivity contribution in [2.45, 2.75) is 19.0 Å². The molecule has 0 saturated carbocycles. The smallest absolute Gasteiger partial charge is 0.166 e. The molecule has 0 spiro atoms. The zero-order valence-electron chi connectivity index (χ0n) is 7.43. The largest absolute Gasteiger partial charge is 0.412 e. The highest BCUT2D eigenvalue weighted by Crippen LogP contribution is 2.32. The fourth-order valence-electron chi connectivity index (χ4n) is 1.66. The van der Waals surface area contributed by atoms with E-state index < -0.39 is 11.7 Å². The molecule has 0 aliphatic heterocycles. The molecule has 0 bridgehead atoms. The van der Waals surface area contributed by atoms with Gasteiger partial charge in [0.1, 0.15) is 0 Å². The molecule has 1 aromatic carbocycles. The summed E-state index contributed by atoms with van der Waals surface area (Å²) < 4.78 is 37.1. The van der Waals surface area contributed by atoms with Crippen molar-refractivity contribution in [2.75, 3.05) is 0 Å². The Labute approximate surface area is 80.1 Å². The van der Waals surface area contributed by atoms with Crippen LogP contribution in [0.2, 0.25) is 0 Å². The Morgan fingerprint density at radius 2 is 1.64 bits per heavy atom. The van der Waals surface area contributed by atoms with E-state index >= 15 is 0 Å². The Hall–Kier alpha value is -1.25. The molecule has 0 aromatic heterocycles. The second-order valence-electron chi connectivity index (χ2n) is 3.38. The van der Waals surface area contributed by atoms with Crippen molar-refractivity contribution in [3.63, 3.8) is 0 Å². The number of rotatable bonds is 0. The van der Waals surface area contributed by atoms with E-state index in [1.54, 1.807) is 12.1 Å². The Kier molecular flexibility index (Phi) is 2.10. The third-order valence-electron chi connectivity index (χ3n) is 2.43. The summed E-state index contributed by atoms with van der Waals surface area (Å²) in [6.07, 6.45) is -2.49. The van der Waals surface area contributed by atoms with E-state index in [1.807, 2.05) is 12.1 Å². The summed E-state index contributed by atoms with van der Waals surface area (Å²) >= 11 is 0. The summed E-state index contributed by atoms with van der Waals surface area (Å²) in [6, 6.07) is 7.26. The lowest BCUT2D eigenvalue weighted by Gasteiger charge is -2.18. The quantitative estimate of drug-likeness (QED) is 0.561. The lowest BCUT2D eigenvalue weighted by molar-refractivity contribution is -0.0936. The molecule has 2 rings (SSSR count). The van der Waals surface area contributed by atoms with Crippen LogP contribution in [0.4, 0.5) is 13.2 Å². The van der Waals surface area contributed by atoms with Gasteiger partial charge in [-0.2, -0.15) is 13.2 Å². The van der Waals surface area contributed by atoms with Crippen LogP contribution in [0.1, 0.15) is 11.1 Å². The zero-order chi connectivity index (χ0) is 10.2. The maximum absolute atomic E-state index is 12.4. The fraction of sp³-hybridized carbons (Fsp3) is 0.273. The molecule has 74 valence electrons. The van der Waals surface area contributed by atoms with Gasteiger partial charge in [-0.3, -0.25) is 0 Å². The Bertz CT molecular complexity index is 374. The van der Waals surface area contributed by atoms with Gasteiger partial charge in [-0.25, -0.2) is 0 Å². The van der Waals surface area contributed by atoms with Crippen LogP contribution in [-0.2, 0) is 12.8 Å². The van der Waals surface area contributed by atoms with Crippen LogP contribution in [0.15, 0.2) is 35.9 Å². The van der Waals surface area contributed by atoms with Crippen molar-refractivity contribution in [3.05, 3.63) is 47.0 Å². The predicted molar refractivity (Wildman–Crippen MR) is 48.0 cm³/mol. The van der Waals surface area contributed by atoms with Crippen molar-refractivity contribution < 1.29 is 13.2 Å². The average molecular weight is 198 g/mol. The Morgan fingerprint density at radius 3 is 2.29 bits per heavy atom. The minimum absolute atomic E-state index is 0.0136. The van der Waals surface area contributed by atoms with E-state index in [-0.39, 0.29) is 6.42 Å². The third kappa shape index (κ3) is 1.67. The summed E-state index contributed by atoms with van der Waals surface area (Å²) in [6.45, 7) is 0. The predicted octanol–water partition coefficient (Wildman–Crippen LogP) is 3.27. The number of halogens is 3. The molecule has 0 heterocycles. The maximum atomic E-state index is 12.4. The molecule has 3 heteroatoms. The first-order valence-electron chi connectivity index (χ1n) is 4.40. The van der Waals surface area contributed by atoms with Crippen molar-refractivity contribution in [1.29, 1.82) is 0 Å². The molecule has 1 aliphatic carbocycles. The molecule has 1 aliphatic rings. The number of alkyl halides is 3. The summed E-state index contributed by atoms with van der Waals surface area (Å²) in [4.78, 5) is 0. The number of fused-ring (bicyclic) bond motifs is 1. The standard InChI is InChI=1S/C11H9F3/c12-11(13,14)10-6-5-8-3-1-2-4-9(8)7-10/h1-4,6H,5,7H2. The van der Waals surface area contributed by atoms with E-state index in [2.05, 4.69) is 0 Å². The third-order valence-corrected chi connectivity index (χ3v) is 2.43. The number of hydrogen-bond acceptors (Lipinski definition) is 0. The lowest BCUT2D eigenvalue weighted by Crippen LogP contribution is -2.17. The minimum atomic E-state index is -4.17. The molecule has 0 saturated heterocycles. The van der Waals surface area contributed by atoms with E-state index in [0.717, 1.165) is 11.1 Å². The first-order valence-corrected chi connectivity index (χ1v) is 4.40. The molecular formula is C11H9F3. The molecule has 0 atom stereocenters. The Balaban J connectivity index is 2.30. The van der Waals surface area contributed by atoms with Crippen LogP contribution in [0, 0.1) is 0 Å². The van der Waals surface area contributed by atoms with Gasteiger partial charge in [0.2, 0.25) is 0 Å². The van der Waals surface area contributed by atoms with Crippen LogP contribution >= 0.6 is 0 Å². The highest BCUT2D eigenvalue weighted by atomic mass is 19.4. The SMILES string of the molecule is FC(F)(F)C1=CCc2ccccc2C1. The summed E-state index contributed by atoms with van der Waals surface area (Å²) in [5, 5.41) is 0. The molecule has 1 aromatic rings. The van der Waals surface area contributed by atoms with Gasteiger partial charge in [0.15, 0.2) is 0 Å². The molecule has 0 N–H and O–H groups in total. The van der Waals surface area contributed by atoms with Gasteiger partial charge in [0.25, 0.3) is 0 Å². The second kappa shape index (κ2) is 3.15. The normalized spacial score (nSPS) is 16.1. The molecule has 0 fully saturated rings. The van der Waals surface area contributed by atoms with Crippen molar-refractivity contribution in [1.82, 2.24) is 0 Å². The maximum Gasteiger partial charge on any atom is 0.412 e. The lowest BCUT2D eigenvalue weighted by atomic mass is 9.91. The highest BCUT2D eigenvalue weighted by Gasteiger charge is 2.34. The molecule has 0 radical (unpaired) electrons. The van der Waals surface area contributed by atoms with Gasteiger partial charge >= 0.3 is 6.18 Å². The first-order chi connectivity index (χ1) is 6.57. The first kappa shape index (κ1) is 9.31. The minimum Gasteiger partial charge on any atom is -0.166 e. The summed E-state index contributed by atoms with van der Waals surface area (Å²) in [5.41, 5.74) is 1.37. The van der Waals surface area contributed by atoms with Crippen molar-refractivity contribution in [2.24, 2.45) is 0 Å². The fourth-order valence-corrected chi connectivity index (χ4v) is 1.66. The average Bonchev–Trinajstić information content (AvgIpc) is 2.16. The van der Waals surface area contributed by atoms with Crippen LogP contribution in [0.5, 0.6) is 0 Å². The van der Waals surface area contributed by atoms with Crippen LogP contribution in [0.25, 0.3) is 0 Å². The van der Waals surface area contributed by atoms with Gasteiger partial charge in [0.05, 0.1) is 0 Å². The molecule has 0 nitrogen and oxygen atoms in total. The second-order valence-corrected chi connectivity index (χ2v) is 3.38. The molecule has 14 heavy (non-hydrogen) atoms. The number of hydrogen-bond donors (Lipinski definition) is 0. The molecular weight excluding hydrogens is 189 g/mol. The summed E-state index contributed by atoms with van der Waals surface area (Å²) in [7, 11) is 0. The number of benzene rings is 1. The molecule has 0 amide bonds. The van der Waals surface area contributed by atoms with Gasteiger partial charge in [-0.1, -0.05) is 30.3 Å². The van der Waals surface area contributed by atoms with Gasteiger partial charge in [0, 0.05) is 12.0 Å². The van der Waals surface area contributed by atoms with Crippen LogP contribution in [-0.4, -0.2) is 6.18 Å². The number of allylic oxidation sites excluding steroid dienone is 2. The highest BCUT2D eigenvalue weighted by molar-refractivity contribution is 5.37. The van der Waals surface area contributed by atoms with Gasteiger partial charge < -0.3 is 0 Å². The zero-order valence-corrected chi connectivity index (χ0v) is 7.43. The topological polar surface area (TPSA) is 0 Å². The monoisotopic (exact) mass is 198 g/mol. The van der Waals surface area contributed by atoms with Crippen LogP contribution in [0.3, 0.4) is 0 Å².